The molecule has 0 fully saturated rings. The van der Waals surface area contributed by atoms with Gasteiger partial charge in [0.25, 0.3) is 0 Å². The molecule has 0 aliphatic carbocycles. The number of benzene rings is 2. The Labute approximate surface area is 115 Å². The van der Waals surface area contributed by atoms with Gasteiger partial charge in [0.15, 0.2) is 0 Å². The predicted octanol–water partition coefficient (Wildman–Crippen LogP) is 3.74. The van der Waals surface area contributed by atoms with Crippen LogP contribution in [0.1, 0.15) is 11.1 Å². The van der Waals surface area contributed by atoms with Gasteiger partial charge in [-0.1, -0.05) is 17.2 Å². The highest BCUT2D eigenvalue weighted by atomic mass is 32.1. The van der Waals surface area contributed by atoms with Crippen LogP contribution in [0.4, 0.5) is 11.4 Å². The molecule has 4 N–H and O–H groups in total. The van der Waals surface area contributed by atoms with Gasteiger partial charge in [0.1, 0.15) is 10.5 Å². The molecule has 0 radical (unpaired) electrons. The molecule has 0 aliphatic heterocycles. The zero-order valence-corrected chi connectivity index (χ0v) is 11.7. The SMILES string of the molecule is Cc1cc(C)cc(-c2nc3c(N)ccc(N)c3s2)c1. The molecular formula is C15H15N3S. The van der Waals surface area contributed by atoms with Crippen LogP contribution in [-0.4, -0.2) is 4.98 Å². The first-order valence-corrected chi connectivity index (χ1v) is 6.89. The van der Waals surface area contributed by atoms with E-state index in [1.165, 1.54) is 11.1 Å². The van der Waals surface area contributed by atoms with E-state index in [4.69, 9.17) is 11.5 Å². The first-order valence-electron chi connectivity index (χ1n) is 6.08. The number of nitrogens with zero attached hydrogens (tertiary/aromatic N) is 1. The summed E-state index contributed by atoms with van der Waals surface area (Å²) in [6, 6.07) is 10.1. The molecule has 0 unspecified atom stereocenters. The van der Waals surface area contributed by atoms with Gasteiger partial charge in [-0.05, 0) is 38.1 Å². The lowest BCUT2D eigenvalue weighted by Crippen LogP contribution is -1.90. The van der Waals surface area contributed by atoms with E-state index in [-0.39, 0.29) is 0 Å². The van der Waals surface area contributed by atoms with Crippen LogP contribution in [-0.2, 0) is 0 Å². The minimum absolute atomic E-state index is 0.677. The molecule has 0 aliphatic rings. The van der Waals surface area contributed by atoms with E-state index in [2.05, 4.69) is 37.0 Å². The highest BCUT2D eigenvalue weighted by molar-refractivity contribution is 7.22. The number of nitrogen functional groups attached to an aromatic ring is 2. The van der Waals surface area contributed by atoms with Gasteiger partial charge in [0.2, 0.25) is 0 Å². The second kappa shape index (κ2) is 4.24. The summed E-state index contributed by atoms with van der Waals surface area (Å²) in [6.07, 6.45) is 0. The smallest absolute Gasteiger partial charge is 0.124 e. The number of thiazole rings is 1. The van der Waals surface area contributed by atoms with Gasteiger partial charge < -0.3 is 11.5 Å². The van der Waals surface area contributed by atoms with Crippen LogP contribution in [0, 0.1) is 13.8 Å². The Balaban J connectivity index is 2.26. The van der Waals surface area contributed by atoms with Crippen molar-refractivity contribution in [2.75, 3.05) is 11.5 Å². The molecule has 96 valence electrons. The number of fused-ring (bicyclic) bond motifs is 1. The molecule has 1 heterocycles. The van der Waals surface area contributed by atoms with Crippen molar-refractivity contribution in [3.63, 3.8) is 0 Å². The zero-order valence-electron chi connectivity index (χ0n) is 10.9. The normalized spacial score (nSPS) is 11.1. The number of hydrogen-bond acceptors (Lipinski definition) is 4. The van der Waals surface area contributed by atoms with E-state index in [1.807, 2.05) is 12.1 Å². The molecule has 2 aromatic carbocycles. The summed E-state index contributed by atoms with van der Waals surface area (Å²) in [5.74, 6) is 0. The molecule has 3 nitrogen and oxygen atoms in total. The molecule has 3 rings (SSSR count). The first-order chi connectivity index (χ1) is 9.04. The molecule has 4 heteroatoms. The van der Waals surface area contributed by atoms with E-state index < -0.39 is 0 Å². The Morgan fingerprint density at radius 3 is 2.21 bits per heavy atom. The van der Waals surface area contributed by atoms with Gasteiger partial charge in [-0.15, -0.1) is 11.3 Å². The predicted molar refractivity (Wildman–Crippen MR) is 83.4 cm³/mol. The van der Waals surface area contributed by atoms with Gasteiger partial charge in [0, 0.05) is 5.56 Å². The van der Waals surface area contributed by atoms with Crippen LogP contribution in [0.5, 0.6) is 0 Å². The standard InChI is InChI=1S/C15H15N3S/c1-8-5-9(2)7-10(6-8)15-18-13-11(16)3-4-12(17)14(13)19-15/h3-7H,16-17H2,1-2H3. The lowest BCUT2D eigenvalue weighted by molar-refractivity contribution is 1.37. The molecule has 0 atom stereocenters. The van der Waals surface area contributed by atoms with Crippen molar-refractivity contribution in [3.8, 4) is 10.6 Å². The third-order valence-corrected chi connectivity index (χ3v) is 4.23. The maximum Gasteiger partial charge on any atom is 0.124 e. The summed E-state index contributed by atoms with van der Waals surface area (Å²) in [5, 5.41) is 0.964. The Morgan fingerprint density at radius 2 is 1.58 bits per heavy atom. The van der Waals surface area contributed by atoms with E-state index >= 15 is 0 Å². The monoisotopic (exact) mass is 269 g/mol. The summed E-state index contributed by atoms with van der Waals surface area (Å²) < 4.78 is 0.967. The van der Waals surface area contributed by atoms with Crippen molar-refractivity contribution in [3.05, 3.63) is 41.5 Å². The number of hydrogen-bond donors (Lipinski definition) is 2. The van der Waals surface area contributed by atoms with Crippen LogP contribution in [0.15, 0.2) is 30.3 Å². The van der Waals surface area contributed by atoms with Gasteiger partial charge in [-0.2, -0.15) is 0 Å². The Morgan fingerprint density at radius 1 is 0.947 bits per heavy atom. The van der Waals surface area contributed by atoms with Gasteiger partial charge in [0.05, 0.1) is 16.1 Å². The number of nitrogens with two attached hydrogens (primary N) is 2. The molecular weight excluding hydrogens is 254 g/mol. The molecule has 0 saturated carbocycles. The maximum absolute atomic E-state index is 5.99. The van der Waals surface area contributed by atoms with Crippen molar-refractivity contribution < 1.29 is 0 Å². The maximum atomic E-state index is 5.99. The summed E-state index contributed by atoms with van der Waals surface area (Å²) in [4.78, 5) is 4.64. The number of aromatic nitrogens is 1. The average Bonchev–Trinajstić information content (AvgIpc) is 2.79. The van der Waals surface area contributed by atoms with Crippen LogP contribution in [0.25, 0.3) is 20.8 Å². The molecule has 1 aromatic heterocycles. The zero-order chi connectivity index (χ0) is 13.6. The highest BCUT2D eigenvalue weighted by Crippen LogP contribution is 2.36. The number of rotatable bonds is 1. The Kier molecular flexibility index (Phi) is 2.68. The van der Waals surface area contributed by atoms with Gasteiger partial charge in [-0.25, -0.2) is 4.98 Å². The lowest BCUT2D eigenvalue weighted by Gasteiger charge is -2.01. The van der Waals surface area contributed by atoms with E-state index in [1.54, 1.807) is 11.3 Å². The molecule has 3 aromatic rings. The third kappa shape index (κ3) is 2.04. The van der Waals surface area contributed by atoms with E-state index in [0.717, 1.165) is 26.5 Å². The van der Waals surface area contributed by atoms with Gasteiger partial charge in [-0.3, -0.25) is 0 Å². The summed E-state index contributed by atoms with van der Waals surface area (Å²) in [7, 11) is 0. The number of aryl methyl sites for hydroxylation is 2. The molecule has 0 amide bonds. The first kappa shape index (κ1) is 12.0. The summed E-state index contributed by atoms with van der Waals surface area (Å²) >= 11 is 1.59. The minimum atomic E-state index is 0.677. The highest BCUT2D eigenvalue weighted by Gasteiger charge is 2.11. The van der Waals surface area contributed by atoms with E-state index in [0.29, 0.717) is 5.69 Å². The lowest BCUT2D eigenvalue weighted by atomic mass is 10.1. The van der Waals surface area contributed by atoms with Crippen LogP contribution >= 0.6 is 11.3 Å². The van der Waals surface area contributed by atoms with Crippen molar-refractivity contribution in [1.82, 2.24) is 4.98 Å². The summed E-state index contributed by atoms with van der Waals surface area (Å²) in [6.45, 7) is 4.18. The van der Waals surface area contributed by atoms with Crippen LogP contribution in [0.3, 0.4) is 0 Å². The fraction of sp³-hybridized carbons (Fsp3) is 0.133. The van der Waals surface area contributed by atoms with Crippen molar-refractivity contribution >= 4 is 32.9 Å². The Bertz CT molecular complexity index is 715. The third-order valence-electron chi connectivity index (χ3n) is 3.07. The molecule has 0 bridgehead atoms. The topological polar surface area (TPSA) is 64.9 Å². The van der Waals surface area contributed by atoms with E-state index in [9.17, 15) is 0 Å². The second-order valence-electron chi connectivity index (χ2n) is 4.82. The quantitative estimate of drug-likeness (QED) is 0.661. The Hall–Kier alpha value is -2.07. The molecule has 19 heavy (non-hydrogen) atoms. The fourth-order valence-corrected chi connectivity index (χ4v) is 3.28. The van der Waals surface area contributed by atoms with Crippen molar-refractivity contribution in [2.45, 2.75) is 13.8 Å². The average molecular weight is 269 g/mol. The number of anilines is 2. The summed E-state index contributed by atoms with van der Waals surface area (Å²) in [5.41, 5.74) is 17.8. The minimum Gasteiger partial charge on any atom is -0.398 e. The van der Waals surface area contributed by atoms with Gasteiger partial charge >= 0.3 is 0 Å². The van der Waals surface area contributed by atoms with Crippen LogP contribution < -0.4 is 11.5 Å². The second-order valence-corrected chi connectivity index (χ2v) is 5.82. The van der Waals surface area contributed by atoms with Crippen molar-refractivity contribution in [1.29, 1.82) is 0 Å². The van der Waals surface area contributed by atoms with Crippen LogP contribution in [0.2, 0.25) is 0 Å². The molecule has 0 saturated heterocycles. The molecule has 0 spiro atoms. The van der Waals surface area contributed by atoms with Crippen molar-refractivity contribution in [2.24, 2.45) is 0 Å². The fourth-order valence-electron chi connectivity index (χ4n) is 2.27. The largest absolute Gasteiger partial charge is 0.398 e.